The van der Waals surface area contributed by atoms with Gasteiger partial charge in [0.25, 0.3) is 5.91 Å². The Morgan fingerprint density at radius 3 is 2.48 bits per heavy atom. The van der Waals surface area contributed by atoms with Crippen LogP contribution in [0.15, 0.2) is 30.5 Å². The van der Waals surface area contributed by atoms with Crippen LogP contribution in [0.4, 0.5) is 18.9 Å². The molecule has 1 aliphatic rings. The van der Waals surface area contributed by atoms with E-state index in [1.807, 2.05) is 0 Å². The third-order valence-corrected chi connectivity index (χ3v) is 4.86. The van der Waals surface area contributed by atoms with Gasteiger partial charge in [-0.2, -0.15) is 13.2 Å². The number of ether oxygens (including phenoxy) is 1. The SMILES string of the molecule is COc1nn(C)cc1C(=O)N1CCC(C(=O)Nc2ccccc2C(F)(F)F)CC1. The minimum atomic E-state index is -4.55. The number of hydrogen-bond acceptors (Lipinski definition) is 4. The highest BCUT2D eigenvalue weighted by Gasteiger charge is 2.35. The summed E-state index contributed by atoms with van der Waals surface area (Å²) in [6.45, 7) is 0.631. The quantitative estimate of drug-likeness (QED) is 0.841. The monoisotopic (exact) mass is 410 g/mol. The molecule has 29 heavy (non-hydrogen) atoms. The second-order valence-corrected chi connectivity index (χ2v) is 6.82. The van der Waals surface area contributed by atoms with Gasteiger partial charge < -0.3 is 15.0 Å². The Morgan fingerprint density at radius 1 is 1.21 bits per heavy atom. The first-order valence-corrected chi connectivity index (χ1v) is 9.04. The fraction of sp³-hybridized carbons (Fsp3) is 0.421. The maximum Gasteiger partial charge on any atom is 0.418 e. The number of nitrogens with zero attached hydrogens (tertiary/aromatic N) is 3. The van der Waals surface area contributed by atoms with Crippen molar-refractivity contribution in [2.45, 2.75) is 19.0 Å². The molecule has 2 amide bonds. The number of aryl methyl sites for hydroxylation is 1. The van der Waals surface area contributed by atoms with E-state index < -0.39 is 23.6 Å². The number of likely N-dealkylation sites (tertiary alicyclic amines) is 1. The third-order valence-electron chi connectivity index (χ3n) is 4.86. The fourth-order valence-electron chi connectivity index (χ4n) is 3.35. The number of nitrogens with one attached hydrogen (secondary N) is 1. The van der Waals surface area contributed by atoms with Crippen molar-refractivity contribution in [1.82, 2.24) is 14.7 Å². The van der Waals surface area contributed by atoms with Crippen LogP contribution in [0.25, 0.3) is 0 Å². The minimum Gasteiger partial charge on any atom is -0.479 e. The molecule has 0 atom stereocenters. The summed E-state index contributed by atoms with van der Waals surface area (Å²) in [7, 11) is 3.10. The van der Waals surface area contributed by atoms with Crippen molar-refractivity contribution in [3.63, 3.8) is 0 Å². The number of rotatable bonds is 4. The average molecular weight is 410 g/mol. The molecule has 0 aliphatic carbocycles. The Balaban J connectivity index is 1.62. The highest BCUT2D eigenvalue weighted by atomic mass is 19.4. The molecule has 1 aromatic carbocycles. The van der Waals surface area contributed by atoms with Crippen molar-refractivity contribution in [3.8, 4) is 5.88 Å². The Bertz CT molecular complexity index is 902. The summed E-state index contributed by atoms with van der Waals surface area (Å²) >= 11 is 0. The number of para-hydroxylation sites is 1. The maximum atomic E-state index is 13.1. The van der Waals surface area contributed by atoms with Gasteiger partial charge in [-0.25, -0.2) is 0 Å². The molecule has 0 radical (unpaired) electrons. The van der Waals surface area contributed by atoms with Gasteiger partial charge in [0.05, 0.1) is 18.4 Å². The minimum absolute atomic E-state index is 0.223. The van der Waals surface area contributed by atoms with Crippen molar-refractivity contribution in [2.75, 3.05) is 25.5 Å². The first-order chi connectivity index (χ1) is 13.7. The van der Waals surface area contributed by atoms with E-state index in [-0.39, 0.29) is 17.5 Å². The van der Waals surface area contributed by atoms with Crippen LogP contribution < -0.4 is 10.1 Å². The van der Waals surface area contributed by atoms with Gasteiger partial charge in [0, 0.05) is 32.3 Å². The van der Waals surface area contributed by atoms with E-state index in [2.05, 4.69) is 10.4 Å². The first kappa shape index (κ1) is 20.7. The van der Waals surface area contributed by atoms with E-state index in [1.54, 1.807) is 18.1 Å². The predicted molar refractivity (Wildman–Crippen MR) is 98.5 cm³/mol. The zero-order chi connectivity index (χ0) is 21.2. The first-order valence-electron chi connectivity index (χ1n) is 9.04. The fourth-order valence-corrected chi connectivity index (χ4v) is 3.35. The number of hydrogen-bond donors (Lipinski definition) is 1. The molecule has 156 valence electrons. The van der Waals surface area contributed by atoms with Gasteiger partial charge in [0.15, 0.2) is 0 Å². The molecule has 0 saturated carbocycles. The van der Waals surface area contributed by atoms with Crippen LogP contribution >= 0.6 is 0 Å². The lowest BCUT2D eigenvalue weighted by molar-refractivity contribution is -0.137. The normalized spacial score (nSPS) is 15.3. The molecule has 2 aromatic rings. The number of amides is 2. The second-order valence-electron chi connectivity index (χ2n) is 6.82. The standard InChI is InChI=1S/C19H21F3N4O3/c1-25-11-13(17(24-25)29-2)18(28)26-9-7-12(8-10-26)16(27)23-15-6-4-3-5-14(15)19(20,21)22/h3-6,11-12H,7-10H2,1-2H3,(H,23,27). The Morgan fingerprint density at radius 2 is 1.86 bits per heavy atom. The number of alkyl halides is 3. The molecular weight excluding hydrogens is 389 g/mol. The molecule has 1 fully saturated rings. The summed E-state index contributed by atoms with van der Waals surface area (Å²) in [6, 6.07) is 4.87. The van der Waals surface area contributed by atoms with Gasteiger partial charge in [-0.05, 0) is 25.0 Å². The lowest BCUT2D eigenvalue weighted by atomic mass is 9.95. The van der Waals surface area contributed by atoms with Crippen LogP contribution in [0.1, 0.15) is 28.8 Å². The molecule has 1 aliphatic heterocycles. The van der Waals surface area contributed by atoms with Crippen molar-refractivity contribution >= 4 is 17.5 Å². The lowest BCUT2D eigenvalue weighted by Crippen LogP contribution is -2.41. The molecule has 0 bridgehead atoms. The van der Waals surface area contributed by atoms with Gasteiger partial charge in [-0.15, -0.1) is 5.10 Å². The van der Waals surface area contributed by atoms with Crippen LogP contribution in [-0.2, 0) is 18.0 Å². The maximum absolute atomic E-state index is 13.1. The van der Waals surface area contributed by atoms with Crippen molar-refractivity contribution < 1.29 is 27.5 Å². The third kappa shape index (κ3) is 4.52. The highest BCUT2D eigenvalue weighted by Crippen LogP contribution is 2.35. The van der Waals surface area contributed by atoms with Gasteiger partial charge in [-0.3, -0.25) is 14.3 Å². The summed E-state index contributed by atoms with van der Waals surface area (Å²) in [4.78, 5) is 26.8. The Kier molecular flexibility index (Phi) is 5.81. The number of carbonyl (C=O) groups is 2. The molecule has 7 nitrogen and oxygen atoms in total. The van der Waals surface area contributed by atoms with E-state index in [0.717, 1.165) is 6.07 Å². The van der Waals surface area contributed by atoms with Crippen LogP contribution in [0, 0.1) is 5.92 Å². The summed E-state index contributed by atoms with van der Waals surface area (Å²) in [5.41, 5.74) is -0.815. The molecule has 1 saturated heterocycles. The van der Waals surface area contributed by atoms with E-state index in [9.17, 15) is 22.8 Å². The van der Waals surface area contributed by atoms with Crippen molar-refractivity contribution in [2.24, 2.45) is 13.0 Å². The number of halogens is 3. The zero-order valence-corrected chi connectivity index (χ0v) is 16.0. The smallest absolute Gasteiger partial charge is 0.418 e. The topological polar surface area (TPSA) is 76.5 Å². The lowest BCUT2D eigenvalue weighted by Gasteiger charge is -2.31. The molecule has 3 rings (SSSR count). The van der Waals surface area contributed by atoms with Crippen molar-refractivity contribution in [3.05, 3.63) is 41.6 Å². The van der Waals surface area contributed by atoms with E-state index >= 15 is 0 Å². The summed E-state index contributed by atoms with van der Waals surface area (Å²) < 4.78 is 45.9. The summed E-state index contributed by atoms with van der Waals surface area (Å²) in [5.74, 6) is -0.985. The molecule has 0 unspecified atom stereocenters. The second kappa shape index (κ2) is 8.14. The number of carbonyl (C=O) groups excluding carboxylic acids is 2. The molecule has 10 heteroatoms. The summed E-state index contributed by atoms with van der Waals surface area (Å²) in [5, 5.41) is 6.44. The van der Waals surface area contributed by atoms with Gasteiger partial charge in [0.1, 0.15) is 5.56 Å². The van der Waals surface area contributed by atoms with E-state index in [4.69, 9.17) is 4.74 Å². The highest BCUT2D eigenvalue weighted by molar-refractivity contribution is 5.97. The Labute approximate surface area is 165 Å². The average Bonchev–Trinajstić information content (AvgIpc) is 3.08. The number of methoxy groups -OCH3 is 1. The van der Waals surface area contributed by atoms with Gasteiger partial charge in [-0.1, -0.05) is 12.1 Å². The van der Waals surface area contributed by atoms with Gasteiger partial charge in [0.2, 0.25) is 11.8 Å². The molecule has 1 aromatic heterocycles. The molecule has 2 heterocycles. The van der Waals surface area contributed by atoms with Crippen LogP contribution in [0.2, 0.25) is 0 Å². The van der Waals surface area contributed by atoms with E-state index in [1.165, 1.54) is 30.0 Å². The van der Waals surface area contributed by atoms with Crippen LogP contribution in [-0.4, -0.2) is 46.7 Å². The number of piperidine rings is 1. The largest absolute Gasteiger partial charge is 0.479 e. The van der Waals surface area contributed by atoms with E-state index in [0.29, 0.717) is 31.5 Å². The summed E-state index contributed by atoms with van der Waals surface area (Å²) in [6.07, 6.45) is -2.28. The number of anilines is 1. The van der Waals surface area contributed by atoms with Gasteiger partial charge >= 0.3 is 6.18 Å². The molecular formula is C19H21F3N4O3. The van der Waals surface area contributed by atoms with Crippen LogP contribution in [0.3, 0.4) is 0 Å². The van der Waals surface area contributed by atoms with Crippen LogP contribution in [0.5, 0.6) is 5.88 Å². The number of aromatic nitrogens is 2. The zero-order valence-electron chi connectivity index (χ0n) is 16.0. The predicted octanol–water partition coefficient (Wildman–Crippen LogP) is 2.94. The number of benzene rings is 1. The van der Waals surface area contributed by atoms with Crippen molar-refractivity contribution in [1.29, 1.82) is 0 Å². The molecule has 0 spiro atoms. The molecule has 1 N–H and O–H groups in total. The Hall–Kier alpha value is -3.04.